The van der Waals surface area contributed by atoms with E-state index < -0.39 is 0 Å². The summed E-state index contributed by atoms with van der Waals surface area (Å²) in [5.41, 5.74) is 1.57. The Morgan fingerprint density at radius 3 is 2.53 bits per heavy atom. The summed E-state index contributed by atoms with van der Waals surface area (Å²) < 4.78 is 5.10. The van der Waals surface area contributed by atoms with Crippen molar-refractivity contribution in [1.29, 1.82) is 0 Å². The number of benzene rings is 1. The number of para-hydroxylation sites is 1. The van der Waals surface area contributed by atoms with Crippen LogP contribution in [-0.4, -0.2) is 43.7 Å². The van der Waals surface area contributed by atoms with Crippen molar-refractivity contribution in [1.82, 2.24) is 4.90 Å². The smallest absolute Gasteiger partial charge is 0.256 e. The van der Waals surface area contributed by atoms with Crippen LogP contribution in [-0.2, 0) is 4.74 Å². The molecule has 0 radical (unpaired) electrons. The lowest BCUT2D eigenvalue weighted by Crippen LogP contribution is -2.38. The predicted octanol–water partition coefficient (Wildman–Crippen LogP) is 2.61. The molecule has 1 rings (SSSR count). The second kappa shape index (κ2) is 7.14. The summed E-state index contributed by atoms with van der Waals surface area (Å²) in [5, 5.41) is 3.30. The fraction of sp³-hybridized carbons (Fsp3) is 0.533. The second-order valence-corrected chi connectivity index (χ2v) is 5.07. The summed E-state index contributed by atoms with van der Waals surface area (Å²) >= 11 is 0. The Morgan fingerprint density at radius 1 is 1.32 bits per heavy atom. The van der Waals surface area contributed by atoms with Gasteiger partial charge in [-0.15, -0.1) is 0 Å². The summed E-state index contributed by atoms with van der Waals surface area (Å²) in [4.78, 5) is 14.2. The van der Waals surface area contributed by atoms with Gasteiger partial charge in [-0.1, -0.05) is 12.1 Å². The molecular formula is C15H24N2O2. The van der Waals surface area contributed by atoms with Gasteiger partial charge in [0.05, 0.1) is 18.2 Å². The van der Waals surface area contributed by atoms with Crippen LogP contribution in [0.5, 0.6) is 0 Å². The highest BCUT2D eigenvalue weighted by atomic mass is 16.5. The van der Waals surface area contributed by atoms with E-state index in [0.717, 1.165) is 5.69 Å². The lowest BCUT2D eigenvalue weighted by molar-refractivity contribution is 0.0634. The predicted molar refractivity (Wildman–Crippen MR) is 78.6 cm³/mol. The summed E-state index contributed by atoms with van der Waals surface area (Å²) in [6.07, 6.45) is 0. The third-order valence-corrected chi connectivity index (χ3v) is 2.99. The van der Waals surface area contributed by atoms with Crippen molar-refractivity contribution in [2.24, 2.45) is 0 Å². The molecule has 1 atom stereocenters. The van der Waals surface area contributed by atoms with Crippen molar-refractivity contribution in [3.63, 3.8) is 0 Å². The van der Waals surface area contributed by atoms with Gasteiger partial charge in [-0.05, 0) is 32.9 Å². The van der Waals surface area contributed by atoms with Gasteiger partial charge in [0.1, 0.15) is 0 Å². The molecule has 106 valence electrons. The van der Waals surface area contributed by atoms with Gasteiger partial charge in [-0.25, -0.2) is 0 Å². The van der Waals surface area contributed by atoms with Crippen LogP contribution in [0.1, 0.15) is 31.1 Å². The highest BCUT2D eigenvalue weighted by Crippen LogP contribution is 2.18. The number of nitrogens with zero attached hydrogens (tertiary/aromatic N) is 1. The molecule has 0 aromatic heterocycles. The van der Waals surface area contributed by atoms with Gasteiger partial charge in [0.25, 0.3) is 5.91 Å². The van der Waals surface area contributed by atoms with Gasteiger partial charge in [0.15, 0.2) is 0 Å². The van der Waals surface area contributed by atoms with Crippen molar-refractivity contribution >= 4 is 11.6 Å². The average Bonchev–Trinajstić information content (AvgIpc) is 2.37. The minimum Gasteiger partial charge on any atom is -0.383 e. The fourth-order valence-electron chi connectivity index (χ4n) is 1.85. The number of likely N-dealkylation sites (N-methyl/N-ethyl adjacent to an activating group) is 1. The third kappa shape index (κ3) is 4.24. The first-order chi connectivity index (χ1) is 8.97. The molecule has 0 fully saturated rings. The van der Waals surface area contributed by atoms with E-state index in [1.807, 2.05) is 31.2 Å². The number of hydrogen-bond acceptors (Lipinski definition) is 3. The molecule has 0 saturated carbocycles. The Morgan fingerprint density at radius 2 is 1.95 bits per heavy atom. The Hall–Kier alpha value is -1.55. The lowest BCUT2D eigenvalue weighted by Gasteiger charge is -2.25. The molecule has 1 aromatic rings. The van der Waals surface area contributed by atoms with E-state index in [9.17, 15) is 4.79 Å². The van der Waals surface area contributed by atoms with Crippen LogP contribution in [0.15, 0.2) is 24.3 Å². The molecule has 1 unspecified atom stereocenters. The van der Waals surface area contributed by atoms with Crippen LogP contribution in [0.3, 0.4) is 0 Å². The number of hydrogen-bond donors (Lipinski definition) is 1. The molecule has 0 aliphatic heterocycles. The van der Waals surface area contributed by atoms with Crippen molar-refractivity contribution in [2.45, 2.75) is 32.9 Å². The van der Waals surface area contributed by atoms with E-state index in [0.29, 0.717) is 12.2 Å². The quantitative estimate of drug-likeness (QED) is 0.858. The molecule has 0 heterocycles. The van der Waals surface area contributed by atoms with Gasteiger partial charge in [-0.2, -0.15) is 0 Å². The van der Waals surface area contributed by atoms with Crippen LogP contribution in [0.25, 0.3) is 0 Å². The summed E-state index contributed by atoms with van der Waals surface area (Å²) in [7, 11) is 3.45. The van der Waals surface area contributed by atoms with Crippen LogP contribution < -0.4 is 5.32 Å². The molecule has 1 aromatic carbocycles. The molecule has 0 bridgehead atoms. The van der Waals surface area contributed by atoms with Crippen LogP contribution >= 0.6 is 0 Å². The van der Waals surface area contributed by atoms with Crippen molar-refractivity contribution in [3.8, 4) is 0 Å². The Bertz CT molecular complexity index is 418. The average molecular weight is 264 g/mol. The number of carbonyl (C=O) groups excluding carboxylic acids is 1. The number of methoxy groups -OCH3 is 1. The highest BCUT2D eigenvalue weighted by molar-refractivity contribution is 5.99. The maximum absolute atomic E-state index is 12.5. The van der Waals surface area contributed by atoms with E-state index >= 15 is 0 Å². The van der Waals surface area contributed by atoms with E-state index in [1.54, 1.807) is 19.1 Å². The normalized spacial score (nSPS) is 12.3. The first-order valence-electron chi connectivity index (χ1n) is 6.59. The fourth-order valence-corrected chi connectivity index (χ4v) is 1.85. The molecule has 0 saturated heterocycles. The summed E-state index contributed by atoms with van der Waals surface area (Å²) in [6, 6.07) is 7.93. The minimum atomic E-state index is 0.00769. The van der Waals surface area contributed by atoms with Crippen LogP contribution in [0.2, 0.25) is 0 Å². The van der Waals surface area contributed by atoms with Crippen LogP contribution in [0.4, 0.5) is 5.69 Å². The van der Waals surface area contributed by atoms with E-state index in [2.05, 4.69) is 19.2 Å². The maximum atomic E-state index is 12.5. The zero-order chi connectivity index (χ0) is 14.4. The highest BCUT2D eigenvalue weighted by Gasteiger charge is 2.19. The maximum Gasteiger partial charge on any atom is 0.256 e. The minimum absolute atomic E-state index is 0.00769. The molecule has 19 heavy (non-hydrogen) atoms. The van der Waals surface area contributed by atoms with Gasteiger partial charge >= 0.3 is 0 Å². The van der Waals surface area contributed by atoms with Gasteiger partial charge < -0.3 is 15.0 Å². The number of amides is 1. The van der Waals surface area contributed by atoms with E-state index in [4.69, 9.17) is 4.74 Å². The first-order valence-corrected chi connectivity index (χ1v) is 6.59. The lowest BCUT2D eigenvalue weighted by atomic mass is 10.1. The molecule has 1 amide bonds. The van der Waals surface area contributed by atoms with E-state index in [1.165, 1.54) is 0 Å². The molecule has 1 N–H and O–H groups in total. The molecule has 4 nitrogen and oxygen atoms in total. The zero-order valence-corrected chi connectivity index (χ0v) is 12.4. The second-order valence-electron chi connectivity index (χ2n) is 5.07. The standard InChI is InChI=1S/C15H24N2O2/c1-11(2)16-14-9-7-6-8-13(14)15(18)17(4)12(3)10-19-5/h6-9,11-12,16H,10H2,1-5H3. The molecule has 0 aliphatic carbocycles. The topological polar surface area (TPSA) is 41.6 Å². The molecular weight excluding hydrogens is 240 g/mol. The van der Waals surface area contributed by atoms with Crippen molar-refractivity contribution in [2.75, 3.05) is 26.1 Å². The number of anilines is 1. The van der Waals surface area contributed by atoms with Crippen LogP contribution in [0, 0.1) is 0 Å². The zero-order valence-electron chi connectivity index (χ0n) is 12.4. The molecule has 0 aliphatic rings. The monoisotopic (exact) mass is 264 g/mol. The Balaban J connectivity index is 2.92. The first kappa shape index (κ1) is 15.5. The van der Waals surface area contributed by atoms with Gasteiger partial charge in [0, 0.05) is 25.9 Å². The molecule has 4 heteroatoms. The number of carbonyl (C=O) groups is 1. The largest absolute Gasteiger partial charge is 0.383 e. The third-order valence-electron chi connectivity index (χ3n) is 2.99. The number of ether oxygens (including phenoxy) is 1. The van der Waals surface area contributed by atoms with Gasteiger partial charge in [0.2, 0.25) is 0 Å². The van der Waals surface area contributed by atoms with Crippen molar-refractivity contribution in [3.05, 3.63) is 29.8 Å². The van der Waals surface area contributed by atoms with E-state index in [-0.39, 0.29) is 18.0 Å². The van der Waals surface area contributed by atoms with Gasteiger partial charge in [-0.3, -0.25) is 4.79 Å². The summed E-state index contributed by atoms with van der Waals surface area (Å²) in [5.74, 6) is 0.00769. The Labute approximate surface area is 115 Å². The summed E-state index contributed by atoms with van der Waals surface area (Å²) in [6.45, 7) is 6.61. The molecule has 0 spiro atoms. The SMILES string of the molecule is COCC(C)N(C)C(=O)c1ccccc1NC(C)C. The number of rotatable bonds is 6. The Kier molecular flexibility index (Phi) is 5.83. The number of nitrogens with one attached hydrogen (secondary N) is 1. The van der Waals surface area contributed by atoms with Crippen molar-refractivity contribution < 1.29 is 9.53 Å².